The molecule has 1 aromatic rings. The molecule has 0 heterocycles. The molecule has 1 aromatic carbocycles. The van der Waals surface area contributed by atoms with E-state index in [-0.39, 0.29) is 6.61 Å². The predicted octanol–water partition coefficient (Wildman–Crippen LogP) is 1.80. The van der Waals surface area contributed by atoms with Gasteiger partial charge in [0.1, 0.15) is 5.69 Å². The largest absolute Gasteiger partial charge is 0.395 e. The van der Waals surface area contributed by atoms with E-state index in [1.807, 2.05) is 13.0 Å². The molecule has 4 heteroatoms. The zero-order chi connectivity index (χ0) is 9.68. The second kappa shape index (κ2) is 4.57. The number of nitrogens with one attached hydrogen (secondary N) is 1. The van der Waals surface area contributed by atoms with Crippen LogP contribution in [-0.4, -0.2) is 18.3 Å². The van der Waals surface area contributed by atoms with Gasteiger partial charge < -0.3 is 10.4 Å². The van der Waals surface area contributed by atoms with Gasteiger partial charge in [0, 0.05) is 6.54 Å². The summed E-state index contributed by atoms with van der Waals surface area (Å²) < 4.78 is 0. The number of benzene rings is 1. The topological polar surface area (TPSA) is 61.7 Å². The molecule has 0 aliphatic rings. The molecule has 13 heavy (non-hydrogen) atoms. The number of hydrogen-bond acceptors (Lipinski definition) is 4. The first kappa shape index (κ1) is 9.67. The van der Waals surface area contributed by atoms with Crippen LogP contribution in [0.25, 0.3) is 0 Å². The maximum Gasteiger partial charge on any atom is 0.131 e. The standard InChI is InChI=1S/C9H12N2O2/c1-7-2-3-8(10-4-5-12)9(6-7)11-13/h2-3,6,10,12H,4-5H2,1H3. The van der Waals surface area contributed by atoms with Crippen LogP contribution in [-0.2, 0) is 0 Å². The average Bonchev–Trinajstić information content (AvgIpc) is 2.16. The Balaban J connectivity index is 2.86. The van der Waals surface area contributed by atoms with Gasteiger partial charge in [0.25, 0.3) is 0 Å². The molecule has 0 radical (unpaired) electrons. The smallest absolute Gasteiger partial charge is 0.131 e. The number of aryl methyl sites for hydroxylation is 1. The fourth-order valence-corrected chi connectivity index (χ4v) is 1.06. The van der Waals surface area contributed by atoms with Crippen molar-refractivity contribution in [1.82, 2.24) is 0 Å². The number of aliphatic hydroxyl groups is 1. The van der Waals surface area contributed by atoms with Crippen molar-refractivity contribution >= 4 is 11.4 Å². The quantitative estimate of drug-likeness (QED) is 0.694. The Labute approximate surface area is 76.6 Å². The molecule has 0 fully saturated rings. The molecule has 0 unspecified atom stereocenters. The summed E-state index contributed by atoms with van der Waals surface area (Å²) in [4.78, 5) is 10.4. The van der Waals surface area contributed by atoms with Crippen LogP contribution in [0.3, 0.4) is 0 Å². The van der Waals surface area contributed by atoms with E-state index in [1.165, 1.54) is 0 Å². The summed E-state index contributed by atoms with van der Waals surface area (Å²) >= 11 is 0. The van der Waals surface area contributed by atoms with Gasteiger partial charge >= 0.3 is 0 Å². The summed E-state index contributed by atoms with van der Waals surface area (Å²) in [7, 11) is 0. The van der Waals surface area contributed by atoms with E-state index in [1.54, 1.807) is 12.1 Å². The average molecular weight is 180 g/mol. The lowest BCUT2D eigenvalue weighted by Crippen LogP contribution is -2.05. The number of nitrogens with zero attached hydrogens (tertiary/aromatic N) is 1. The van der Waals surface area contributed by atoms with Crippen LogP contribution in [0.1, 0.15) is 5.56 Å². The van der Waals surface area contributed by atoms with E-state index in [0.717, 1.165) is 5.56 Å². The first-order valence-corrected chi connectivity index (χ1v) is 4.06. The van der Waals surface area contributed by atoms with E-state index in [0.29, 0.717) is 17.9 Å². The summed E-state index contributed by atoms with van der Waals surface area (Å²) in [6.45, 7) is 2.35. The van der Waals surface area contributed by atoms with Crippen LogP contribution in [0.4, 0.5) is 11.4 Å². The van der Waals surface area contributed by atoms with Crippen molar-refractivity contribution in [2.24, 2.45) is 5.18 Å². The Morgan fingerprint density at radius 1 is 1.54 bits per heavy atom. The SMILES string of the molecule is Cc1ccc(NCCO)c(N=O)c1. The molecule has 2 N–H and O–H groups in total. The van der Waals surface area contributed by atoms with Crippen molar-refractivity contribution in [3.63, 3.8) is 0 Å². The highest BCUT2D eigenvalue weighted by Gasteiger charge is 2.01. The molecule has 1 rings (SSSR count). The molecule has 0 aromatic heterocycles. The Morgan fingerprint density at radius 3 is 2.92 bits per heavy atom. The lowest BCUT2D eigenvalue weighted by Gasteiger charge is -2.06. The van der Waals surface area contributed by atoms with Crippen LogP contribution in [0.15, 0.2) is 23.4 Å². The van der Waals surface area contributed by atoms with Gasteiger partial charge in [0.15, 0.2) is 0 Å². The van der Waals surface area contributed by atoms with Crippen LogP contribution < -0.4 is 5.32 Å². The Kier molecular flexibility index (Phi) is 3.40. The minimum Gasteiger partial charge on any atom is -0.395 e. The molecule has 0 saturated heterocycles. The zero-order valence-electron chi connectivity index (χ0n) is 7.45. The second-order valence-electron chi connectivity index (χ2n) is 2.76. The highest BCUT2D eigenvalue weighted by molar-refractivity contribution is 5.66. The van der Waals surface area contributed by atoms with Gasteiger partial charge in [-0.3, -0.25) is 0 Å². The number of hydrogen-bond donors (Lipinski definition) is 2. The third-order valence-electron chi connectivity index (χ3n) is 1.68. The maximum atomic E-state index is 10.4. The summed E-state index contributed by atoms with van der Waals surface area (Å²) in [6.07, 6.45) is 0. The normalized spacial score (nSPS) is 9.69. The summed E-state index contributed by atoms with van der Waals surface area (Å²) in [5.41, 5.74) is 2.03. The first-order chi connectivity index (χ1) is 6.27. The van der Waals surface area contributed by atoms with Crippen molar-refractivity contribution in [2.45, 2.75) is 6.92 Å². The highest BCUT2D eigenvalue weighted by Crippen LogP contribution is 2.25. The van der Waals surface area contributed by atoms with Crippen LogP contribution in [0.5, 0.6) is 0 Å². The lowest BCUT2D eigenvalue weighted by molar-refractivity contribution is 0.311. The van der Waals surface area contributed by atoms with Crippen LogP contribution in [0, 0.1) is 11.8 Å². The van der Waals surface area contributed by atoms with Gasteiger partial charge in [-0.1, -0.05) is 6.07 Å². The maximum absolute atomic E-state index is 10.4. The second-order valence-corrected chi connectivity index (χ2v) is 2.76. The Bertz CT molecular complexity index is 300. The van der Waals surface area contributed by atoms with Crippen molar-refractivity contribution < 1.29 is 5.11 Å². The van der Waals surface area contributed by atoms with Gasteiger partial charge in [-0.15, -0.1) is 4.91 Å². The zero-order valence-corrected chi connectivity index (χ0v) is 7.45. The van der Waals surface area contributed by atoms with Gasteiger partial charge in [0.2, 0.25) is 0 Å². The third-order valence-corrected chi connectivity index (χ3v) is 1.68. The minimum absolute atomic E-state index is 0.0339. The van der Waals surface area contributed by atoms with E-state index in [4.69, 9.17) is 5.11 Å². The molecule has 0 amide bonds. The number of aliphatic hydroxyl groups excluding tert-OH is 1. The fourth-order valence-electron chi connectivity index (χ4n) is 1.06. The molecule has 4 nitrogen and oxygen atoms in total. The summed E-state index contributed by atoms with van der Waals surface area (Å²) in [5, 5.41) is 14.4. The van der Waals surface area contributed by atoms with E-state index >= 15 is 0 Å². The number of rotatable bonds is 4. The van der Waals surface area contributed by atoms with Crippen molar-refractivity contribution in [3.8, 4) is 0 Å². The number of nitroso groups, excluding NO2 is 1. The van der Waals surface area contributed by atoms with Crippen molar-refractivity contribution in [1.29, 1.82) is 0 Å². The van der Waals surface area contributed by atoms with E-state index < -0.39 is 0 Å². The van der Waals surface area contributed by atoms with E-state index in [2.05, 4.69) is 10.5 Å². The molecule has 0 aliphatic carbocycles. The van der Waals surface area contributed by atoms with E-state index in [9.17, 15) is 4.91 Å². The highest BCUT2D eigenvalue weighted by atomic mass is 16.3. The van der Waals surface area contributed by atoms with Crippen LogP contribution in [0.2, 0.25) is 0 Å². The van der Waals surface area contributed by atoms with Crippen molar-refractivity contribution in [2.75, 3.05) is 18.5 Å². The van der Waals surface area contributed by atoms with Gasteiger partial charge in [0.05, 0.1) is 12.3 Å². The summed E-state index contributed by atoms with van der Waals surface area (Å²) in [6, 6.07) is 5.36. The molecule has 0 saturated carbocycles. The fraction of sp³-hybridized carbons (Fsp3) is 0.333. The van der Waals surface area contributed by atoms with Gasteiger partial charge in [-0.05, 0) is 29.8 Å². The van der Waals surface area contributed by atoms with Gasteiger partial charge in [-0.2, -0.15) is 0 Å². The summed E-state index contributed by atoms with van der Waals surface area (Å²) in [5.74, 6) is 0. The Hall–Kier alpha value is -1.42. The molecular weight excluding hydrogens is 168 g/mol. The molecule has 70 valence electrons. The van der Waals surface area contributed by atoms with Gasteiger partial charge in [-0.25, -0.2) is 0 Å². The van der Waals surface area contributed by atoms with Crippen LogP contribution >= 0.6 is 0 Å². The Morgan fingerprint density at radius 2 is 2.31 bits per heavy atom. The monoisotopic (exact) mass is 180 g/mol. The lowest BCUT2D eigenvalue weighted by atomic mass is 10.2. The number of anilines is 1. The minimum atomic E-state index is 0.0339. The first-order valence-electron chi connectivity index (χ1n) is 4.06. The predicted molar refractivity (Wildman–Crippen MR) is 52.2 cm³/mol. The molecular formula is C9H12N2O2. The molecule has 0 atom stereocenters. The third kappa shape index (κ3) is 2.52. The molecule has 0 bridgehead atoms. The molecule has 0 aliphatic heterocycles. The molecule has 0 spiro atoms. The van der Waals surface area contributed by atoms with Crippen molar-refractivity contribution in [3.05, 3.63) is 28.7 Å².